The highest BCUT2D eigenvalue weighted by Crippen LogP contribution is 2.07. The Morgan fingerprint density at radius 3 is 3.00 bits per heavy atom. The quantitative estimate of drug-likeness (QED) is 0.668. The van der Waals surface area contributed by atoms with Gasteiger partial charge in [-0.1, -0.05) is 13.3 Å². The van der Waals surface area contributed by atoms with E-state index in [1.807, 2.05) is 6.92 Å². The van der Waals surface area contributed by atoms with Gasteiger partial charge in [0.2, 0.25) is 0 Å². The minimum absolute atomic E-state index is 0.220. The zero-order chi connectivity index (χ0) is 9.52. The van der Waals surface area contributed by atoms with E-state index in [0.717, 1.165) is 13.2 Å². The third kappa shape index (κ3) is 4.60. The molecule has 2 unspecified atom stereocenters. The van der Waals surface area contributed by atoms with E-state index in [1.165, 1.54) is 19.3 Å². The molecule has 1 aliphatic heterocycles. The van der Waals surface area contributed by atoms with Gasteiger partial charge in [-0.15, -0.1) is 0 Å². The summed E-state index contributed by atoms with van der Waals surface area (Å²) >= 11 is 0. The number of ether oxygens (including phenoxy) is 1. The van der Waals surface area contributed by atoms with E-state index in [9.17, 15) is 0 Å². The highest BCUT2D eigenvalue weighted by atomic mass is 16.5. The number of hydrogen-bond donors (Lipinski definition) is 2. The van der Waals surface area contributed by atoms with Crippen LogP contribution in [-0.4, -0.2) is 37.5 Å². The normalized spacial score (nSPS) is 25.8. The largest absolute Gasteiger partial charge is 0.396 e. The Morgan fingerprint density at radius 2 is 2.38 bits per heavy atom. The monoisotopic (exact) mass is 187 g/mol. The summed E-state index contributed by atoms with van der Waals surface area (Å²) in [5.74, 6) is 0.267. The van der Waals surface area contributed by atoms with Crippen molar-refractivity contribution in [3.63, 3.8) is 0 Å². The van der Waals surface area contributed by atoms with Gasteiger partial charge in [-0.3, -0.25) is 0 Å². The number of aliphatic hydroxyl groups is 1. The molecule has 0 spiro atoms. The average molecular weight is 187 g/mol. The summed E-state index contributed by atoms with van der Waals surface area (Å²) in [6, 6.07) is 0.541. The maximum absolute atomic E-state index is 8.78. The minimum Gasteiger partial charge on any atom is -0.396 e. The van der Waals surface area contributed by atoms with E-state index in [-0.39, 0.29) is 12.5 Å². The second-order valence-corrected chi connectivity index (χ2v) is 3.97. The molecular weight excluding hydrogens is 166 g/mol. The smallest absolute Gasteiger partial charge is 0.0619 e. The van der Waals surface area contributed by atoms with Crippen molar-refractivity contribution in [3.05, 3.63) is 0 Å². The van der Waals surface area contributed by atoms with Crippen molar-refractivity contribution in [1.29, 1.82) is 0 Å². The summed E-state index contributed by atoms with van der Waals surface area (Å²) in [5, 5.41) is 12.2. The van der Waals surface area contributed by atoms with Crippen molar-refractivity contribution in [1.82, 2.24) is 5.32 Å². The second kappa shape index (κ2) is 6.35. The first-order valence-electron chi connectivity index (χ1n) is 5.25. The van der Waals surface area contributed by atoms with Crippen molar-refractivity contribution in [2.75, 3.05) is 26.4 Å². The maximum atomic E-state index is 8.78. The third-order valence-corrected chi connectivity index (χ3v) is 2.45. The van der Waals surface area contributed by atoms with Crippen molar-refractivity contribution in [3.8, 4) is 0 Å². The van der Waals surface area contributed by atoms with Crippen LogP contribution in [0.3, 0.4) is 0 Å². The first kappa shape index (κ1) is 11.0. The van der Waals surface area contributed by atoms with Crippen LogP contribution in [0, 0.1) is 5.92 Å². The Kier molecular flexibility index (Phi) is 5.35. The molecule has 1 rings (SSSR count). The Balaban J connectivity index is 1.98. The van der Waals surface area contributed by atoms with Gasteiger partial charge < -0.3 is 15.2 Å². The van der Waals surface area contributed by atoms with Gasteiger partial charge in [-0.2, -0.15) is 0 Å². The summed E-state index contributed by atoms with van der Waals surface area (Å²) < 4.78 is 5.50. The Labute approximate surface area is 80.5 Å². The standard InChI is InChI=1S/C10H21NO2/c1-9(6-12)7-13-8-10-4-2-3-5-11-10/h9-12H,2-8H2,1H3. The molecular formula is C10H21NO2. The summed E-state index contributed by atoms with van der Waals surface area (Å²) in [6.07, 6.45) is 3.84. The van der Waals surface area contributed by atoms with Gasteiger partial charge in [0.1, 0.15) is 0 Å². The molecule has 2 atom stereocenters. The van der Waals surface area contributed by atoms with E-state index < -0.39 is 0 Å². The molecule has 0 bridgehead atoms. The molecule has 3 heteroatoms. The summed E-state index contributed by atoms with van der Waals surface area (Å²) in [7, 11) is 0. The van der Waals surface area contributed by atoms with Crippen LogP contribution < -0.4 is 5.32 Å². The SMILES string of the molecule is CC(CO)COCC1CCCCN1. The average Bonchev–Trinajstić information content (AvgIpc) is 2.19. The van der Waals surface area contributed by atoms with Crippen LogP contribution >= 0.6 is 0 Å². The third-order valence-electron chi connectivity index (χ3n) is 2.45. The Morgan fingerprint density at radius 1 is 1.54 bits per heavy atom. The van der Waals surface area contributed by atoms with Crippen LogP contribution in [0.4, 0.5) is 0 Å². The van der Waals surface area contributed by atoms with Gasteiger partial charge in [0.05, 0.1) is 13.2 Å². The van der Waals surface area contributed by atoms with Crippen LogP contribution in [0.15, 0.2) is 0 Å². The molecule has 0 aromatic heterocycles. The predicted molar refractivity (Wildman–Crippen MR) is 52.7 cm³/mol. The summed E-state index contributed by atoms with van der Waals surface area (Å²) in [4.78, 5) is 0. The maximum Gasteiger partial charge on any atom is 0.0619 e. The van der Waals surface area contributed by atoms with Gasteiger partial charge in [0, 0.05) is 18.6 Å². The lowest BCUT2D eigenvalue weighted by atomic mass is 10.1. The number of aliphatic hydroxyl groups excluding tert-OH is 1. The fourth-order valence-corrected chi connectivity index (χ4v) is 1.53. The highest BCUT2D eigenvalue weighted by Gasteiger charge is 2.12. The topological polar surface area (TPSA) is 41.5 Å². The molecule has 3 nitrogen and oxygen atoms in total. The summed E-state index contributed by atoms with van der Waals surface area (Å²) in [6.45, 7) is 4.81. The number of nitrogens with one attached hydrogen (secondary N) is 1. The fourth-order valence-electron chi connectivity index (χ4n) is 1.53. The number of hydrogen-bond acceptors (Lipinski definition) is 3. The van der Waals surface area contributed by atoms with E-state index in [4.69, 9.17) is 9.84 Å². The molecule has 2 N–H and O–H groups in total. The second-order valence-electron chi connectivity index (χ2n) is 3.97. The molecule has 0 aromatic carbocycles. The van der Waals surface area contributed by atoms with Crippen molar-refractivity contribution in [2.45, 2.75) is 32.2 Å². The van der Waals surface area contributed by atoms with Crippen LogP contribution in [0.5, 0.6) is 0 Å². The number of piperidine rings is 1. The zero-order valence-electron chi connectivity index (χ0n) is 8.46. The van der Waals surface area contributed by atoms with E-state index in [2.05, 4.69) is 5.32 Å². The van der Waals surface area contributed by atoms with Gasteiger partial charge in [0.25, 0.3) is 0 Å². The molecule has 1 aliphatic rings. The van der Waals surface area contributed by atoms with Gasteiger partial charge in [-0.25, -0.2) is 0 Å². The van der Waals surface area contributed by atoms with Crippen LogP contribution in [0.1, 0.15) is 26.2 Å². The first-order chi connectivity index (χ1) is 6.33. The van der Waals surface area contributed by atoms with Crippen molar-refractivity contribution in [2.24, 2.45) is 5.92 Å². The van der Waals surface area contributed by atoms with Gasteiger partial charge in [-0.05, 0) is 19.4 Å². The molecule has 13 heavy (non-hydrogen) atoms. The lowest BCUT2D eigenvalue weighted by Crippen LogP contribution is -2.38. The van der Waals surface area contributed by atoms with Gasteiger partial charge in [0.15, 0.2) is 0 Å². The highest BCUT2D eigenvalue weighted by molar-refractivity contribution is 4.71. The molecule has 0 aromatic rings. The van der Waals surface area contributed by atoms with Gasteiger partial charge >= 0.3 is 0 Å². The van der Waals surface area contributed by atoms with Crippen molar-refractivity contribution >= 4 is 0 Å². The molecule has 0 radical (unpaired) electrons. The minimum atomic E-state index is 0.220. The Hall–Kier alpha value is -0.120. The van der Waals surface area contributed by atoms with Crippen LogP contribution in [0.2, 0.25) is 0 Å². The van der Waals surface area contributed by atoms with E-state index >= 15 is 0 Å². The fraction of sp³-hybridized carbons (Fsp3) is 1.00. The van der Waals surface area contributed by atoms with E-state index in [0.29, 0.717) is 12.6 Å². The lowest BCUT2D eigenvalue weighted by molar-refractivity contribution is 0.0611. The first-order valence-corrected chi connectivity index (χ1v) is 5.25. The summed E-state index contributed by atoms with van der Waals surface area (Å²) in [5.41, 5.74) is 0. The Bertz CT molecular complexity index is 124. The molecule has 1 heterocycles. The predicted octanol–water partition coefficient (Wildman–Crippen LogP) is 0.773. The molecule has 0 saturated carbocycles. The van der Waals surface area contributed by atoms with E-state index in [1.54, 1.807) is 0 Å². The molecule has 78 valence electrons. The zero-order valence-corrected chi connectivity index (χ0v) is 8.46. The molecule has 1 saturated heterocycles. The molecule has 1 fully saturated rings. The van der Waals surface area contributed by atoms with Crippen LogP contribution in [-0.2, 0) is 4.74 Å². The lowest BCUT2D eigenvalue weighted by Gasteiger charge is -2.23. The molecule has 0 amide bonds. The molecule has 0 aliphatic carbocycles. The van der Waals surface area contributed by atoms with Crippen LogP contribution in [0.25, 0.3) is 0 Å². The van der Waals surface area contributed by atoms with Crippen molar-refractivity contribution < 1.29 is 9.84 Å². The number of rotatable bonds is 5.